The summed E-state index contributed by atoms with van der Waals surface area (Å²) in [6, 6.07) is 7.60. The monoisotopic (exact) mass is 299 g/mol. The Labute approximate surface area is 108 Å². The first-order valence-corrected chi connectivity index (χ1v) is 6.00. The number of hydrogen-bond acceptors (Lipinski definition) is 2. The lowest BCUT2D eigenvalue weighted by Gasteiger charge is -2.20. The van der Waals surface area contributed by atoms with Crippen molar-refractivity contribution >= 4 is 27.8 Å². The maximum absolute atomic E-state index is 11.4. The standard InChI is InChI=1S/C12H14BrNO3/c1-9(15)14(6-5-12(16)17)8-10-3-2-4-11(13)7-10/h2-4,7H,5-6,8H2,1H3,(H,16,17). The van der Waals surface area contributed by atoms with Gasteiger partial charge in [-0.2, -0.15) is 0 Å². The molecule has 0 aliphatic rings. The summed E-state index contributed by atoms with van der Waals surface area (Å²) in [6.07, 6.45) is -0.0341. The molecular weight excluding hydrogens is 286 g/mol. The second kappa shape index (κ2) is 6.39. The molecule has 0 aromatic heterocycles. The average molecular weight is 300 g/mol. The van der Waals surface area contributed by atoms with Gasteiger partial charge in [0.25, 0.3) is 0 Å². The molecule has 92 valence electrons. The lowest BCUT2D eigenvalue weighted by atomic mass is 10.2. The highest BCUT2D eigenvalue weighted by Gasteiger charge is 2.11. The first kappa shape index (κ1) is 13.7. The molecule has 1 rings (SSSR count). The second-order valence-corrected chi connectivity index (χ2v) is 4.63. The zero-order chi connectivity index (χ0) is 12.8. The number of carboxylic acids is 1. The van der Waals surface area contributed by atoms with E-state index in [0.29, 0.717) is 6.54 Å². The smallest absolute Gasteiger partial charge is 0.305 e. The molecule has 5 heteroatoms. The van der Waals surface area contributed by atoms with E-state index in [1.807, 2.05) is 24.3 Å². The predicted molar refractivity (Wildman–Crippen MR) is 67.5 cm³/mol. The van der Waals surface area contributed by atoms with Crippen molar-refractivity contribution in [3.8, 4) is 0 Å². The van der Waals surface area contributed by atoms with Crippen LogP contribution in [0.1, 0.15) is 18.9 Å². The van der Waals surface area contributed by atoms with Crippen LogP contribution in [0, 0.1) is 0 Å². The Balaban J connectivity index is 2.66. The molecule has 0 saturated heterocycles. The van der Waals surface area contributed by atoms with Gasteiger partial charge in [0.1, 0.15) is 0 Å². The molecule has 0 saturated carbocycles. The highest BCUT2D eigenvalue weighted by atomic mass is 79.9. The van der Waals surface area contributed by atoms with Gasteiger partial charge < -0.3 is 10.0 Å². The van der Waals surface area contributed by atoms with Crippen molar-refractivity contribution in [2.75, 3.05) is 6.54 Å². The Hall–Kier alpha value is -1.36. The molecule has 17 heavy (non-hydrogen) atoms. The lowest BCUT2D eigenvalue weighted by Crippen LogP contribution is -2.30. The van der Waals surface area contributed by atoms with Gasteiger partial charge in [0.05, 0.1) is 6.42 Å². The maximum atomic E-state index is 11.4. The van der Waals surface area contributed by atoms with Crippen LogP contribution in [0.25, 0.3) is 0 Å². The number of hydrogen-bond donors (Lipinski definition) is 1. The van der Waals surface area contributed by atoms with E-state index in [4.69, 9.17) is 5.11 Å². The largest absolute Gasteiger partial charge is 0.481 e. The number of nitrogens with zero attached hydrogens (tertiary/aromatic N) is 1. The number of halogens is 1. The predicted octanol–water partition coefficient (Wildman–Crippen LogP) is 2.27. The molecular formula is C12H14BrNO3. The van der Waals surface area contributed by atoms with Crippen molar-refractivity contribution in [2.45, 2.75) is 19.9 Å². The minimum Gasteiger partial charge on any atom is -0.481 e. The Morgan fingerprint density at radius 2 is 2.12 bits per heavy atom. The van der Waals surface area contributed by atoms with Crippen molar-refractivity contribution in [3.63, 3.8) is 0 Å². The Morgan fingerprint density at radius 3 is 2.65 bits per heavy atom. The molecule has 0 spiro atoms. The van der Waals surface area contributed by atoms with Gasteiger partial charge in [-0.3, -0.25) is 9.59 Å². The third kappa shape index (κ3) is 4.99. The zero-order valence-corrected chi connectivity index (χ0v) is 11.1. The highest BCUT2D eigenvalue weighted by molar-refractivity contribution is 9.10. The van der Waals surface area contributed by atoms with Crippen molar-refractivity contribution in [3.05, 3.63) is 34.3 Å². The molecule has 0 unspecified atom stereocenters. The summed E-state index contributed by atoms with van der Waals surface area (Å²) in [6.45, 7) is 2.11. The summed E-state index contributed by atoms with van der Waals surface area (Å²) in [5.74, 6) is -1.02. The maximum Gasteiger partial charge on any atom is 0.305 e. The van der Waals surface area contributed by atoms with Crippen molar-refractivity contribution in [1.82, 2.24) is 4.90 Å². The third-order valence-electron chi connectivity index (χ3n) is 2.30. The fraction of sp³-hybridized carbons (Fsp3) is 0.333. The summed E-state index contributed by atoms with van der Waals surface area (Å²) in [5, 5.41) is 8.61. The highest BCUT2D eigenvalue weighted by Crippen LogP contribution is 2.13. The fourth-order valence-electron chi connectivity index (χ4n) is 1.43. The summed E-state index contributed by atoms with van der Waals surface area (Å²) >= 11 is 3.35. The van der Waals surface area contributed by atoms with E-state index < -0.39 is 5.97 Å². The van der Waals surface area contributed by atoms with Crippen molar-refractivity contribution in [2.24, 2.45) is 0 Å². The molecule has 1 aromatic rings. The number of carbonyl (C=O) groups is 2. The normalized spacial score (nSPS) is 10.0. The van der Waals surface area contributed by atoms with E-state index in [1.54, 1.807) is 0 Å². The van der Waals surface area contributed by atoms with Gasteiger partial charge in [0, 0.05) is 24.5 Å². The third-order valence-corrected chi connectivity index (χ3v) is 2.80. The summed E-state index contributed by atoms with van der Waals surface area (Å²) in [5.41, 5.74) is 0.972. The van der Waals surface area contributed by atoms with E-state index in [9.17, 15) is 9.59 Å². The van der Waals surface area contributed by atoms with E-state index in [1.165, 1.54) is 11.8 Å². The molecule has 0 aliphatic carbocycles. The van der Waals surface area contributed by atoms with E-state index >= 15 is 0 Å². The summed E-state index contributed by atoms with van der Waals surface area (Å²) < 4.78 is 0.941. The van der Waals surface area contributed by atoms with Gasteiger partial charge in [-0.1, -0.05) is 28.1 Å². The molecule has 1 N–H and O–H groups in total. The van der Waals surface area contributed by atoms with Crippen LogP contribution in [0.3, 0.4) is 0 Å². The molecule has 0 atom stereocenters. The van der Waals surface area contributed by atoms with Crippen LogP contribution in [0.15, 0.2) is 28.7 Å². The number of carboxylic acid groups (broad SMARTS) is 1. The molecule has 0 aliphatic heterocycles. The van der Waals surface area contributed by atoms with Crippen molar-refractivity contribution < 1.29 is 14.7 Å². The molecule has 0 bridgehead atoms. The zero-order valence-electron chi connectivity index (χ0n) is 9.52. The van der Waals surface area contributed by atoms with Gasteiger partial charge in [0.2, 0.25) is 5.91 Å². The van der Waals surface area contributed by atoms with Crippen LogP contribution in [-0.2, 0) is 16.1 Å². The van der Waals surface area contributed by atoms with Gasteiger partial charge in [-0.15, -0.1) is 0 Å². The number of benzene rings is 1. The average Bonchev–Trinajstić information content (AvgIpc) is 2.23. The molecule has 1 amide bonds. The van der Waals surface area contributed by atoms with Crippen LogP contribution in [-0.4, -0.2) is 28.4 Å². The van der Waals surface area contributed by atoms with Crippen LogP contribution in [0.5, 0.6) is 0 Å². The van der Waals surface area contributed by atoms with E-state index in [0.717, 1.165) is 10.0 Å². The van der Waals surface area contributed by atoms with Crippen LogP contribution in [0.4, 0.5) is 0 Å². The first-order valence-electron chi connectivity index (χ1n) is 5.21. The Bertz CT molecular complexity index is 420. The lowest BCUT2D eigenvalue weighted by molar-refractivity contribution is -0.138. The van der Waals surface area contributed by atoms with Gasteiger partial charge in [-0.05, 0) is 17.7 Å². The molecule has 1 aromatic carbocycles. The Kier molecular flexibility index (Phi) is 5.15. The van der Waals surface area contributed by atoms with Crippen molar-refractivity contribution in [1.29, 1.82) is 0 Å². The Morgan fingerprint density at radius 1 is 1.41 bits per heavy atom. The topological polar surface area (TPSA) is 57.6 Å². The SMILES string of the molecule is CC(=O)N(CCC(=O)O)Cc1cccc(Br)c1. The molecule has 0 heterocycles. The number of rotatable bonds is 5. The van der Waals surface area contributed by atoms with Gasteiger partial charge in [0.15, 0.2) is 0 Å². The van der Waals surface area contributed by atoms with Crippen LogP contribution in [0.2, 0.25) is 0 Å². The van der Waals surface area contributed by atoms with Crippen LogP contribution >= 0.6 is 15.9 Å². The van der Waals surface area contributed by atoms with Gasteiger partial charge >= 0.3 is 5.97 Å². The minimum absolute atomic E-state index is 0.0341. The second-order valence-electron chi connectivity index (χ2n) is 3.71. The summed E-state index contributed by atoms with van der Waals surface area (Å²) in [7, 11) is 0. The molecule has 0 radical (unpaired) electrons. The first-order chi connectivity index (χ1) is 7.99. The minimum atomic E-state index is -0.898. The number of amides is 1. The number of carbonyl (C=O) groups excluding carboxylic acids is 1. The fourth-order valence-corrected chi connectivity index (χ4v) is 1.88. The van der Waals surface area contributed by atoms with Gasteiger partial charge in [-0.25, -0.2) is 0 Å². The number of aliphatic carboxylic acids is 1. The molecule has 4 nitrogen and oxygen atoms in total. The summed E-state index contributed by atoms with van der Waals surface area (Å²) in [4.78, 5) is 23.4. The van der Waals surface area contributed by atoms with E-state index in [-0.39, 0.29) is 18.9 Å². The van der Waals surface area contributed by atoms with Crippen LogP contribution < -0.4 is 0 Å². The molecule has 0 fully saturated rings. The quantitative estimate of drug-likeness (QED) is 0.907. The van der Waals surface area contributed by atoms with E-state index in [2.05, 4.69) is 15.9 Å².